The minimum atomic E-state index is 0.956. The van der Waals surface area contributed by atoms with E-state index in [9.17, 15) is 0 Å². The van der Waals surface area contributed by atoms with Crippen LogP contribution in [0.4, 0.5) is 11.4 Å². The predicted octanol–water partition coefficient (Wildman–Crippen LogP) is 3.54. The van der Waals surface area contributed by atoms with Crippen LogP contribution in [0.3, 0.4) is 0 Å². The number of nitrogens with one attached hydrogen (secondary N) is 1. The van der Waals surface area contributed by atoms with Crippen LogP contribution in [0.1, 0.15) is 16.7 Å². The highest BCUT2D eigenvalue weighted by atomic mass is 15.2. The first-order valence-corrected chi connectivity index (χ1v) is 6.89. The standard InChI is InChI=1S/C17H20N2/c1-13-7-8-14(2)17(11-13)19-10-9-18-12-15-5-3-4-6-16(15)19/h3-8,11,18H,9-10,12H2,1-2H3. The summed E-state index contributed by atoms with van der Waals surface area (Å²) in [5.41, 5.74) is 6.69. The van der Waals surface area contributed by atoms with Gasteiger partial charge in [0.15, 0.2) is 0 Å². The van der Waals surface area contributed by atoms with Crippen molar-refractivity contribution in [3.05, 3.63) is 59.2 Å². The first-order valence-electron chi connectivity index (χ1n) is 6.89. The molecule has 1 heterocycles. The Labute approximate surface area is 115 Å². The minimum Gasteiger partial charge on any atom is -0.340 e. The molecule has 0 bridgehead atoms. The molecule has 1 aliphatic heterocycles. The van der Waals surface area contributed by atoms with Gasteiger partial charge in [-0.2, -0.15) is 0 Å². The SMILES string of the molecule is Cc1ccc(C)c(N2CCNCc3ccccc32)c1. The van der Waals surface area contributed by atoms with Gasteiger partial charge in [0.1, 0.15) is 0 Å². The Morgan fingerprint density at radius 1 is 1.00 bits per heavy atom. The van der Waals surface area contributed by atoms with Crippen LogP contribution >= 0.6 is 0 Å². The summed E-state index contributed by atoms with van der Waals surface area (Å²) < 4.78 is 0. The molecule has 19 heavy (non-hydrogen) atoms. The molecule has 0 aliphatic carbocycles. The summed E-state index contributed by atoms with van der Waals surface area (Å²) in [6.07, 6.45) is 0. The Kier molecular flexibility index (Phi) is 3.26. The molecule has 0 aromatic heterocycles. The maximum atomic E-state index is 3.50. The quantitative estimate of drug-likeness (QED) is 0.835. The van der Waals surface area contributed by atoms with Crippen molar-refractivity contribution < 1.29 is 0 Å². The smallest absolute Gasteiger partial charge is 0.0456 e. The van der Waals surface area contributed by atoms with Gasteiger partial charge in [0.2, 0.25) is 0 Å². The lowest BCUT2D eigenvalue weighted by molar-refractivity contribution is 0.712. The monoisotopic (exact) mass is 252 g/mol. The van der Waals surface area contributed by atoms with E-state index in [2.05, 4.69) is 66.5 Å². The van der Waals surface area contributed by atoms with Gasteiger partial charge in [-0.05, 0) is 42.7 Å². The predicted molar refractivity (Wildman–Crippen MR) is 81.1 cm³/mol. The molecule has 2 nitrogen and oxygen atoms in total. The van der Waals surface area contributed by atoms with E-state index in [1.54, 1.807) is 0 Å². The fourth-order valence-electron chi connectivity index (χ4n) is 2.72. The second-order valence-corrected chi connectivity index (χ2v) is 5.25. The van der Waals surface area contributed by atoms with Gasteiger partial charge in [0.05, 0.1) is 0 Å². The first-order chi connectivity index (χ1) is 9.25. The number of hydrogen-bond acceptors (Lipinski definition) is 2. The highest BCUT2D eigenvalue weighted by Gasteiger charge is 2.17. The molecule has 2 heteroatoms. The highest BCUT2D eigenvalue weighted by Crippen LogP contribution is 2.32. The maximum Gasteiger partial charge on any atom is 0.0456 e. The number of benzene rings is 2. The number of anilines is 2. The van der Waals surface area contributed by atoms with E-state index in [1.807, 2.05) is 0 Å². The summed E-state index contributed by atoms with van der Waals surface area (Å²) in [7, 11) is 0. The largest absolute Gasteiger partial charge is 0.340 e. The zero-order valence-corrected chi connectivity index (χ0v) is 11.6. The molecule has 2 aromatic carbocycles. The Morgan fingerprint density at radius 3 is 2.74 bits per heavy atom. The second-order valence-electron chi connectivity index (χ2n) is 5.25. The number of rotatable bonds is 1. The third-order valence-corrected chi connectivity index (χ3v) is 3.77. The van der Waals surface area contributed by atoms with Gasteiger partial charge in [-0.3, -0.25) is 0 Å². The van der Waals surface area contributed by atoms with Crippen molar-refractivity contribution in [3.8, 4) is 0 Å². The summed E-state index contributed by atoms with van der Waals surface area (Å²) in [5.74, 6) is 0. The molecule has 2 aromatic rings. The summed E-state index contributed by atoms with van der Waals surface area (Å²) in [6, 6.07) is 15.4. The first kappa shape index (κ1) is 12.2. The van der Waals surface area contributed by atoms with Gasteiger partial charge in [0, 0.05) is 31.0 Å². The maximum absolute atomic E-state index is 3.50. The van der Waals surface area contributed by atoms with E-state index in [0.29, 0.717) is 0 Å². The van der Waals surface area contributed by atoms with Gasteiger partial charge >= 0.3 is 0 Å². The lowest BCUT2D eigenvalue weighted by Gasteiger charge is -2.26. The zero-order chi connectivity index (χ0) is 13.2. The Balaban J connectivity index is 2.11. The molecular formula is C17H20N2. The number of hydrogen-bond donors (Lipinski definition) is 1. The molecule has 0 radical (unpaired) electrons. The third kappa shape index (κ3) is 2.36. The van der Waals surface area contributed by atoms with E-state index in [1.165, 1.54) is 28.1 Å². The van der Waals surface area contributed by atoms with Gasteiger partial charge in [-0.25, -0.2) is 0 Å². The summed E-state index contributed by atoms with van der Waals surface area (Å²) in [5, 5.41) is 3.50. The van der Waals surface area contributed by atoms with E-state index in [4.69, 9.17) is 0 Å². The number of aryl methyl sites for hydroxylation is 2. The zero-order valence-electron chi connectivity index (χ0n) is 11.6. The van der Waals surface area contributed by atoms with Crippen molar-refractivity contribution in [2.24, 2.45) is 0 Å². The number of fused-ring (bicyclic) bond motifs is 1. The van der Waals surface area contributed by atoms with E-state index >= 15 is 0 Å². The average molecular weight is 252 g/mol. The molecule has 0 amide bonds. The van der Waals surface area contributed by atoms with Crippen molar-refractivity contribution in [2.75, 3.05) is 18.0 Å². The molecule has 0 spiro atoms. The molecule has 0 atom stereocenters. The van der Waals surface area contributed by atoms with Crippen molar-refractivity contribution in [3.63, 3.8) is 0 Å². The summed E-state index contributed by atoms with van der Waals surface area (Å²) in [6.45, 7) is 7.33. The number of nitrogens with zero attached hydrogens (tertiary/aromatic N) is 1. The van der Waals surface area contributed by atoms with E-state index < -0.39 is 0 Å². The van der Waals surface area contributed by atoms with Crippen LogP contribution in [0.2, 0.25) is 0 Å². The molecule has 98 valence electrons. The molecule has 0 saturated heterocycles. The van der Waals surface area contributed by atoms with E-state index in [-0.39, 0.29) is 0 Å². The number of para-hydroxylation sites is 1. The molecule has 1 N–H and O–H groups in total. The fraction of sp³-hybridized carbons (Fsp3) is 0.294. The summed E-state index contributed by atoms with van der Waals surface area (Å²) >= 11 is 0. The van der Waals surface area contributed by atoms with Crippen LogP contribution in [0.5, 0.6) is 0 Å². The molecule has 0 saturated carbocycles. The molecular weight excluding hydrogens is 232 g/mol. The van der Waals surface area contributed by atoms with Gasteiger partial charge in [-0.1, -0.05) is 30.3 Å². The third-order valence-electron chi connectivity index (χ3n) is 3.77. The Hall–Kier alpha value is -1.80. The van der Waals surface area contributed by atoms with Gasteiger partial charge in [0.25, 0.3) is 0 Å². The lowest BCUT2D eigenvalue weighted by Crippen LogP contribution is -2.25. The van der Waals surface area contributed by atoms with Crippen molar-refractivity contribution in [1.29, 1.82) is 0 Å². The van der Waals surface area contributed by atoms with Crippen molar-refractivity contribution in [2.45, 2.75) is 20.4 Å². The Morgan fingerprint density at radius 2 is 1.84 bits per heavy atom. The topological polar surface area (TPSA) is 15.3 Å². The molecule has 1 aliphatic rings. The highest BCUT2D eigenvalue weighted by molar-refractivity contribution is 5.70. The van der Waals surface area contributed by atoms with E-state index in [0.717, 1.165) is 19.6 Å². The minimum absolute atomic E-state index is 0.956. The van der Waals surface area contributed by atoms with Crippen LogP contribution in [0.25, 0.3) is 0 Å². The second kappa shape index (κ2) is 5.06. The van der Waals surface area contributed by atoms with Crippen LogP contribution in [0, 0.1) is 13.8 Å². The van der Waals surface area contributed by atoms with Gasteiger partial charge in [-0.15, -0.1) is 0 Å². The molecule has 3 rings (SSSR count). The fourth-order valence-corrected chi connectivity index (χ4v) is 2.72. The average Bonchev–Trinajstić information content (AvgIpc) is 2.64. The normalized spacial score (nSPS) is 14.9. The molecule has 0 unspecified atom stereocenters. The van der Waals surface area contributed by atoms with Crippen LogP contribution in [-0.2, 0) is 6.54 Å². The van der Waals surface area contributed by atoms with Crippen molar-refractivity contribution in [1.82, 2.24) is 5.32 Å². The lowest BCUT2D eigenvalue weighted by atomic mass is 10.1. The van der Waals surface area contributed by atoms with Crippen molar-refractivity contribution >= 4 is 11.4 Å². The van der Waals surface area contributed by atoms with Crippen LogP contribution in [-0.4, -0.2) is 13.1 Å². The molecule has 0 fully saturated rings. The van der Waals surface area contributed by atoms with Gasteiger partial charge < -0.3 is 10.2 Å². The summed E-state index contributed by atoms with van der Waals surface area (Å²) in [4.78, 5) is 2.44. The van der Waals surface area contributed by atoms with Crippen LogP contribution in [0.15, 0.2) is 42.5 Å². The Bertz CT molecular complexity index is 590. The van der Waals surface area contributed by atoms with Crippen LogP contribution < -0.4 is 10.2 Å².